The fourth-order valence-corrected chi connectivity index (χ4v) is 3.43. The summed E-state index contributed by atoms with van der Waals surface area (Å²) in [5, 5.41) is 7.87. The van der Waals surface area contributed by atoms with Crippen LogP contribution in [-0.2, 0) is 6.18 Å². The summed E-state index contributed by atoms with van der Waals surface area (Å²) >= 11 is 0. The van der Waals surface area contributed by atoms with Crippen LogP contribution in [0.2, 0.25) is 0 Å². The van der Waals surface area contributed by atoms with Gasteiger partial charge in [-0.1, -0.05) is 12.1 Å². The molecule has 1 saturated heterocycles. The molecule has 1 amide bonds. The number of rotatable bonds is 3. The highest BCUT2D eigenvalue weighted by atomic mass is 19.4. The number of aryl methyl sites for hydroxylation is 1. The first-order valence-corrected chi connectivity index (χ1v) is 9.30. The fraction of sp³-hybridized carbons (Fsp3) is 0.300. The van der Waals surface area contributed by atoms with Gasteiger partial charge in [-0.3, -0.25) is 4.79 Å². The molecule has 4 rings (SSSR count). The molecular weight excluding hydrogens is 399 g/mol. The highest BCUT2D eigenvalue weighted by molar-refractivity contribution is 5.96. The van der Waals surface area contributed by atoms with E-state index in [0.717, 1.165) is 6.07 Å². The Hall–Kier alpha value is -3.43. The first-order chi connectivity index (χ1) is 14.3. The SMILES string of the molecule is Cc1nnc(-c2cccnc2N2CCN(C(=O)c3ccccc3C(F)(F)F)CC2)o1. The Morgan fingerprint density at radius 2 is 1.77 bits per heavy atom. The van der Waals surface area contributed by atoms with E-state index in [0.29, 0.717) is 36.3 Å². The summed E-state index contributed by atoms with van der Waals surface area (Å²) < 4.78 is 45.3. The Kier molecular flexibility index (Phi) is 5.15. The number of piperazine rings is 1. The number of hydrogen-bond donors (Lipinski definition) is 0. The lowest BCUT2D eigenvalue weighted by molar-refractivity contribution is -0.138. The van der Waals surface area contributed by atoms with Crippen LogP contribution in [-0.4, -0.2) is 52.2 Å². The quantitative estimate of drug-likeness (QED) is 0.650. The number of nitrogens with zero attached hydrogens (tertiary/aromatic N) is 5. The van der Waals surface area contributed by atoms with Crippen molar-refractivity contribution in [1.82, 2.24) is 20.1 Å². The third kappa shape index (κ3) is 3.85. The van der Waals surface area contributed by atoms with E-state index in [-0.39, 0.29) is 18.7 Å². The highest BCUT2D eigenvalue weighted by Gasteiger charge is 2.36. The molecule has 0 N–H and O–H groups in total. The molecule has 0 spiro atoms. The number of aromatic nitrogens is 3. The van der Waals surface area contributed by atoms with Crippen LogP contribution in [0, 0.1) is 6.92 Å². The van der Waals surface area contributed by atoms with Gasteiger partial charge in [0.2, 0.25) is 5.89 Å². The van der Waals surface area contributed by atoms with Crippen LogP contribution in [0.3, 0.4) is 0 Å². The standard InChI is InChI=1S/C20H18F3N5O2/c1-13-25-26-18(30-13)15-6-4-8-24-17(15)27-9-11-28(12-10-27)19(29)14-5-2-3-7-16(14)20(21,22)23/h2-8H,9-12H2,1H3. The van der Waals surface area contributed by atoms with E-state index >= 15 is 0 Å². The van der Waals surface area contributed by atoms with Crippen molar-refractivity contribution in [3.8, 4) is 11.5 Å². The van der Waals surface area contributed by atoms with Gasteiger partial charge >= 0.3 is 6.18 Å². The van der Waals surface area contributed by atoms with E-state index in [1.807, 2.05) is 11.0 Å². The summed E-state index contributed by atoms with van der Waals surface area (Å²) in [7, 11) is 0. The van der Waals surface area contributed by atoms with Gasteiger partial charge in [0.1, 0.15) is 5.82 Å². The second-order valence-corrected chi connectivity index (χ2v) is 6.82. The molecule has 0 aliphatic carbocycles. The third-order valence-electron chi connectivity index (χ3n) is 4.87. The molecule has 0 unspecified atom stereocenters. The molecule has 0 bridgehead atoms. The lowest BCUT2D eigenvalue weighted by Gasteiger charge is -2.36. The molecule has 1 aliphatic rings. The van der Waals surface area contributed by atoms with Crippen molar-refractivity contribution >= 4 is 11.7 Å². The third-order valence-corrected chi connectivity index (χ3v) is 4.87. The normalized spacial score (nSPS) is 14.8. The van der Waals surface area contributed by atoms with E-state index in [4.69, 9.17) is 4.42 Å². The zero-order chi connectivity index (χ0) is 21.3. The van der Waals surface area contributed by atoms with Gasteiger partial charge < -0.3 is 14.2 Å². The molecule has 30 heavy (non-hydrogen) atoms. The molecule has 3 heterocycles. The summed E-state index contributed by atoms with van der Waals surface area (Å²) in [6, 6.07) is 8.42. The van der Waals surface area contributed by atoms with E-state index in [1.165, 1.54) is 23.1 Å². The molecule has 2 aromatic heterocycles. The maximum Gasteiger partial charge on any atom is 0.417 e. The molecule has 7 nitrogen and oxygen atoms in total. The lowest BCUT2D eigenvalue weighted by atomic mass is 10.1. The fourth-order valence-electron chi connectivity index (χ4n) is 3.43. The zero-order valence-corrected chi connectivity index (χ0v) is 16.1. The van der Waals surface area contributed by atoms with Gasteiger partial charge in [-0.25, -0.2) is 4.98 Å². The van der Waals surface area contributed by atoms with Crippen LogP contribution in [0.4, 0.5) is 19.0 Å². The van der Waals surface area contributed by atoms with Crippen LogP contribution >= 0.6 is 0 Å². The Morgan fingerprint density at radius 3 is 2.43 bits per heavy atom. The molecule has 1 aromatic carbocycles. The van der Waals surface area contributed by atoms with Gasteiger partial charge in [0.15, 0.2) is 0 Å². The van der Waals surface area contributed by atoms with E-state index in [1.54, 1.807) is 19.2 Å². The second-order valence-electron chi connectivity index (χ2n) is 6.82. The lowest BCUT2D eigenvalue weighted by Crippen LogP contribution is -2.49. The van der Waals surface area contributed by atoms with Crippen LogP contribution in [0.25, 0.3) is 11.5 Å². The van der Waals surface area contributed by atoms with Crippen molar-refractivity contribution in [3.63, 3.8) is 0 Å². The predicted molar refractivity (Wildman–Crippen MR) is 102 cm³/mol. The number of amides is 1. The average molecular weight is 417 g/mol. The molecule has 0 saturated carbocycles. The first-order valence-electron chi connectivity index (χ1n) is 9.30. The molecular formula is C20H18F3N5O2. The number of hydrogen-bond acceptors (Lipinski definition) is 6. The summed E-state index contributed by atoms with van der Waals surface area (Å²) in [6.07, 6.45) is -2.95. The number of anilines is 1. The van der Waals surface area contributed by atoms with Crippen molar-refractivity contribution in [3.05, 3.63) is 59.6 Å². The average Bonchev–Trinajstić information content (AvgIpc) is 3.19. The van der Waals surface area contributed by atoms with Crippen molar-refractivity contribution in [2.75, 3.05) is 31.1 Å². The van der Waals surface area contributed by atoms with Crippen molar-refractivity contribution in [2.45, 2.75) is 13.1 Å². The van der Waals surface area contributed by atoms with Gasteiger partial charge in [-0.2, -0.15) is 13.2 Å². The number of carbonyl (C=O) groups excluding carboxylic acids is 1. The zero-order valence-electron chi connectivity index (χ0n) is 16.1. The van der Waals surface area contributed by atoms with Gasteiger partial charge in [-0.15, -0.1) is 10.2 Å². The Balaban J connectivity index is 1.52. The minimum atomic E-state index is -4.58. The maximum absolute atomic E-state index is 13.3. The van der Waals surface area contributed by atoms with Crippen LogP contribution in [0.1, 0.15) is 21.8 Å². The van der Waals surface area contributed by atoms with Crippen molar-refractivity contribution < 1.29 is 22.4 Å². The highest BCUT2D eigenvalue weighted by Crippen LogP contribution is 2.33. The topological polar surface area (TPSA) is 75.4 Å². The summed E-state index contributed by atoms with van der Waals surface area (Å²) in [4.78, 5) is 20.6. The number of pyridine rings is 1. The molecule has 0 atom stereocenters. The maximum atomic E-state index is 13.3. The van der Waals surface area contributed by atoms with Gasteiger partial charge in [0.05, 0.1) is 16.7 Å². The molecule has 1 aliphatic heterocycles. The smallest absolute Gasteiger partial charge is 0.417 e. The van der Waals surface area contributed by atoms with E-state index < -0.39 is 17.6 Å². The Morgan fingerprint density at radius 1 is 1.03 bits per heavy atom. The van der Waals surface area contributed by atoms with Gasteiger partial charge in [0, 0.05) is 39.3 Å². The molecule has 10 heteroatoms. The molecule has 156 valence electrons. The number of alkyl halides is 3. The van der Waals surface area contributed by atoms with Crippen LogP contribution in [0.15, 0.2) is 47.0 Å². The van der Waals surface area contributed by atoms with Crippen molar-refractivity contribution in [2.24, 2.45) is 0 Å². The molecule has 0 radical (unpaired) electrons. The van der Waals surface area contributed by atoms with Gasteiger partial charge in [0.25, 0.3) is 11.8 Å². The van der Waals surface area contributed by atoms with Gasteiger partial charge in [-0.05, 0) is 24.3 Å². The number of halogens is 3. The Bertz CT molecular complexity index is 1060. The summed E-state index contributed by atoms with van der Waals surface area (Å²) in [5.74, 6) is 0.770. The van der Waals surface area contributed by atoms with Crippen molar-refractivity contribution in [1.29, 1.82) is 0 Å². The number of benzene rings is 1. The monoisotopic (exact) mass is 417 g/mol. The van der Waals surface area contributed by atoms with E-state index in [9.17, 15) is 18.0 Å². The first kappa shape index (κ1) is 19.9. The minimum absolute atomic E-state index is 0.268. The van der Waals surface area contributed by atoms with Crippen LogP contribution < -0.4 is 4.90 Å². The van der Waals surface area contributed by atoms with Crippen LogP contribution in [0.5, 0.6) is 0 Å². The van der Waals surface area contributed by atoms with E-state index in [2.05, 4.69) is 15.2 Å². The summed E-state index contributed by atoms with van der Waals surface area (Å²) in [6.45, 7) is 3.05. The Labute approximate surface area is 170 Å². The molecule has 3 aromatic rings. The predicted octanol–water partition coefficient (Wildman–Crippen LogP) is 3.42. The second kappa shape index (κ2) is 7.77. The largest absolute Gasteiger partial charge is 0.421 e. The summed E-state index contributed by atoms with van der Waals surface area (Å²) in [5.41, 5.74) is -0.588. The minimum Gasteiger partial charge on any atom is -0.421 e. The molecule has 1 fully saturated rings. The number of carbonyl (C=O) groups is 1.